The number of hydrogen-bond acceptors (Lipinski definition) is 7. The molecule has 0 heterocycles. The molecule has 8 nitrogen and oxygen atoms in total. The fourth-order valence-corrected chi connectivity index (χ4v) is 4.71. The molecule has 2 aromatic carbocycles. The zero-order valence-corrected chi connectivity index (χ0v) is 27.2. The number of hydroxylamine groups is 1. The molecule has 0 spiro atoms. The Labute approximate surface area is 258 Å². The molecule has 1 amide bonds. The van der Waals surface area contributed by atoms with Crippen molar-refractivity contribution in [3.63, 3.8) is 0 Å². The van der Waals surface area contributed by atoms with Gasteiger partial charge in [0.25, 0.3) is 0 Å². The van der Waals surface area contributed by atoms with Crippen LogP contribution < -0.4 is 20.3 Å². The number of rotatable bonds is 18. The minimum absolute atomic E-state index is 0.00700. The van der Waals surface area contributed by atoms with Crippen LogP contribution in [-0.4, -0.2) is 48.4 Å². The van der Waals surface area contributed by atoms with Crippen LogP contribution in [-0.2, 0) is 27.5 Å². The summed E-state index contributed by atoms with van der Waals surface area (Å²) in [6.45, 7) is 14.6. The van der Waals surface area contributed by atoms with Gasteiger partial charge in [-0.3, -0.25) is 9.63 Å². The van der Waals surface area contributed by atoms with E-state index in [0.717, 1.165) is 24.0 Å². The molecule has 43 heavy (non-hydrogen) atoms. The van der Waals surface area contributed by atoms with Gasteiger partial charge in [-0.25, -0.2) is 4.79 Å². The van der Waals surface area contributed by atoms with Crippen LogP contribution in [0.15, 0.2) is 54.1 Å². The first-order chi connectivity index (χ1) is 20.4. The minimum atomic E-state index is -1.27. The number of aliphatic hydroxyl groups excluding tert-OH is 1. The third kappa shape index (κ3) is 12.2. The van der Waals surface area contributed by atoms with Gasteiger partial charge in [0.1, 0.15) is 18.7 Å². The molecule has 2 rings (SSSR count). The average Bonchev–Trinajstić information content (AvgIpc) is 2.97. The quantitative estimate of drug-likeness (QED) is 0.113. The molecule has 0 fully saturated rings. The largest absolute Gasteiger partial charge is 0.493 e. The van der Waals surface area contributed by atoms with Crippen LogP contribution in [0.4, 0.5) is 0 Å². The number of carbonyl (C=O) groups is 1. The lowest BCUT2D eigenvalue weighted by atomic mass is 9.81. The molecule has 0 saturated heterocycles. The van der Waals surface area contributed by atoms with E-state index in [0.29, 0.717) is 37.5 Å². The Hall–Kier alpha value is -3.16. The first kappa shape index (κ1) is 36.0. The second kappa shape index (κ2) is 17.8. The van der Waals surface area contributed by atoms with Gasteiger partial charge in [0.05, 0.1) is 30.2 Å². The number of nitrogens with one attached hydrogen (secondary N) is 2. The van der Waals surface area contributed by atoms with Crippen molar-refractivity contribution in [3.05, 3.63) is 65.2 Å². The third-order valence-electron chi connectivity index (χ3n) is 7.49. The highest BCUT2D eigenvalue weighted by molar-refractivity contribution is 5.84. The molecule has 4 atom stereocenters. The fraction of sp³-hybridized carbons (Fsp3) is 0.571. The summed E-state index contributed by atoms with van der Waals surface area (Å²) >= 11 is 0. The third-order valence-corrected chi connectivity index (χ3v) is 7.49. The molecule has 0 aliphatic rings. The molecule has 238 valence electrons. The van der Waals surface area contributed by atoms with Crippen LogP contribution in [0.25, 0.3) is 0 Å². The molecule has 0 unspecified atom stereocenters. The summed E-state index contributed by atoms with van der Waals surface area (Å²) in [6, 6.07) is 15.2. The van der Waals surface area contributed by atoms with Gasteiger partial charge in [-0.05, 0) is 82.1 Å². The Morgan fingerprint density at radius 3 is 2.30 bits per heavy atom. The molecule has 0 aliphatic carbocycles. The SMILES string of the molecule is CCCCNC(=O)[C@H](C)C(=C=O)[C@H](O)[C@H](C[C@H](Cc1ccc(OC)c(OCc2ccccc2)c1)C(C)C)NOC(C)(C)C. The van der Waals surface area contributed by atoms with Gasteiger partial charge in [0.15, 0.2) is 11.5 Å². The number of ether oxygens (including phenoxy) is 2. The number of benzene rings is 2. The van der Waals surface area contributed by atoms with Crippen molar-refractivity contribution >= 4 is 11.8 Å². The van der Waals surface area contributed by atoms with E-state index in [4.69, 9.17) is 14.3 Å². The molecule has 0 aromatic heterocycles. The Bertz CT molecular complexity index is 1170. The highest BCUT2D eigenvalue weighted by Crippen LogP contribution is 2.32. The lowest BCUT2D eigenvalue weighted by molar-refractivity contribution is -0.124. The highest BCUT2D eigenvalue weighted by atomic mass is 16.7. The van der Waals surface area contributed by atoms with E-state index in [1.807, 2.05) is 82.2 Å². The molecule has 0 bridgehead atoms. The molecule has 0 aliphatic heterocycles. The van der Waals surface area contributed by atoms with Crippen molar-refractivity contribution in [2.75, 3.05) is 13.7 Å². The highest BCUT2D eigenvalue weighted by Gasteiger charge is 2.34. The van der Waals surface area contributed by atoms with Crippen molar-refractivity contribution in [2.45, 2.75) is 98.5 Å². The number of carbonyl (C=O) groups excluding carboxylic acids is 2. The first-order valence-electron chi connectivity index (χ1n) is 15.4. The molecule has 0 saturated carbocycles. The van der Waals surface area contributed by atoms with E-state index in [-0.39, 0.29) is 23.3 Å². The van der Waals surface area contributed by atoms with Gasteiger partial charge in [-0.1, -0.05) is 63.6 Å². The van der Waals surface area contributed by atoms with Crippen LogP contribution >= 0.6 is 0 Å². The van der Waals surface area contributed by atoms with Crippen LogP contribution in [0.3, 0.4) is 0 Å². The lowest BCUT2D eigenvalue weighted by Gasteiger charge is -2.33. The van der Waals surface area contributed by atoms with E-state index in [1.54, 1.807) is 14.0 Å². The van der Waals surface area contributed by atoms with Crippen molar-refractivity contribution in [2.24, 2.45) is 17.8 Å². The van der Waals surface area contributed by atoms with Gasteiger partial charge in [-0.15, -0.1) is 0 Å². The molecule has 0 radical (unpaired) electrons. The normalized spacial score (nSPS) is 14.4. The van der Waals surface area contributed by atoms with Crippen molar-refractivity contribution < 1.29 is 29.0 Å². The second-order valence-electron chi connectivity index (χ2n) is 12.5. The van der Waals surface area contributed by atoms with Gasteiger partial charge in [0, 0.05) is 6.54 Å². The smallest absolute Gasteiger partial charge is 0.227 e. The summed E-state index contributed by atoms with van der Waals surface area (Å²) in [5.74, 6) is 2.39. The summed E-state index contributed by atoms with van der Waals surface area (Å²) in [7, 11) is 1.62. The van der Waals surface area contributed by atoms with E-state index in [9.17, 15) is 14.7 Å². The maximum absolute atomic E-state index is 12.8. The predicted molar refractivity (Wildman–Crippen MR) is 170 cm³/mol. The van der Waals surface area contributed by atoms with Gasteiger partial charge in [-0.2, -0.15) is 5.48 Å². The summed E-state index contributed by atoms with van der Waals surface area (Å²) in [6.07, 6.45) is 1.68. The monoisotopic (exact) mass is 596 g/mol. The molecule has 2 aromatic rings. The Morgan fingerprint density at radius 1 is 1.02 bits per heavy atom. The zero-order valence-electron chi connectivity index (χ0n) is 27.2. The number of hydrogen-bond donors (Lipinski definition) is 3. The van der Waals surface area contributed by atoms with Gasteiger partial charge < -0.3 is 19.9 Å². The van der Waals surface area contributed by atoms with E-state index >= 15 is 0 Å². The summed E-state index contributed by atoms with van der Waals surface area (Å²) in [5, 5.41) is 14.3. The lowest BCUT2D eigenvalue weighted by Crippen LogP contribution is -2.48. The van der Waals surface area contributed by atoms with Crippen molar-refractivity contribution in [1.29, 1.82) is 0 Å². The van der Waals surface area contributed by atoms with E-state index in [2.05, 4.69) is 24.6 Å². The van der Waals surface area contributed by atoms with Crippen LogP contribution in [0.2, 0.25) is 0 Å². The molecular weight excluding hydrogens is 544 g/mol. The number of amides is 1. The van der Waals surface area contributed by atoms with Crippen molar-refractivity contribution in [1.82, 2.24) is 10.8 Å². The van der Waals surface area contributed by atoms with E-state index in [1.165, 1.54) is 0 Å². The van der Waals surface area contributed by atoms with E-state index < -0.39 is 23.7 Å². The topological polar surface area (TPSA) is 106 Å². The Morgan fingerprint density at radius 2 is 1.72 bits per heavy atom. The number of unbranched alkanes of at least 4 members (excludes halogenated alkanes) is 1. The Balaban J connectivity index is 2.28. The van der Waals surface area contributed by atoms with Crippen molar-refractivity contribution in [3.8, 4) is 11.5 Å². The zero-order chi connectivity index (χ0) is 32.0. The molecular formula is C35H52N2O6. The number of methoxy groups -OCH3 is 1. The Kier molecular flexibility index (Phi) is 14.9. The summed E-state index contributed by atoms with van der Waals surface area (Å²) in [5.41, 5.74) is 4.62. The van der Waals surface area contributed by atoms with Gasteiger partial charge >= 0.3 is 0 Å². The standard InChI is InChI=1S/C35H52N2O6/c1-9-10-18-36-34(40)25(4)29(22-38)33(39)30(37-43-35(5,6)7)21-28(24(2)3)19-27-16-17-31(41-8)32(20-27)42-23-26-14-12-11-13-15-26/h11-17,20,24-25,28,30,33,37,39H,9-10,18-19,21,23H2,1-8H3,(H,36,40)/t25-,28+,30+,33+/m1/s1. The first-order valence-corrected chi connectivity index (χ1v) is 15.4. The molecule has 8 heteroatoms. The minimum Gasteiger partial charge on any atom is -0.493 e. The predicted octanol–water partition coefficient (Wildman–Crippen LogP) is 5.84. The maximum Gasteiger partial charge on any atom is 0.227 e. The van der Waals surface area contributed by atoms with Gasteiger partial charge in [0.2, 0.25) is 5.91 Å². The second-order valence-corrected chi connectivity index (χ2v) is 12.5. The molecule has 3 N–H and O–H groups in total. The number of aliphatic hydroxyl groups is 1. The summed E-state index contributed by atoms with van der Waals surface area (Å²) in [4.78, 5) is 30.8. The van der Waals surface area contributed by atoms with Crippen LogP contribution in [0, 0.1) is 17.8 Å². The maximum atomic E-state index is 12.8. The fourth-order valence-electron chi connectivity index (χ4n) is 4.71. The average molecular weight is 597 g/mol. The van der Waals surface area contributed by atoms with Crippen LogP contribution in [0.1, 0.15) is 78.9 Å². The van der Waals surface area contributed by atoms with Crippen LogP contribution in [0.5, 0.6) is 11.5 Å². The summed E-state index contributed by atoms with van der Waals surface area (Å²) < 4.78 is 11.7.